The predicted molar refractivity (Wildman–Crippen MR) is 132 cm³/mol. The third-order valence-corrected chi connectivity index (χ3v) is 7.57. The van der Waals surface area contributed by atoms with Crippen LogP contribution in [0.25, 0.3) is 11.8 Å². The lowest BCUT2D eigenvalue weighted by Gasteiger charge is -2.31. The van der Waals surface area contributed by atoms with Crippen LogP contribution in [0, 0.1) is 0 Å². The van der Waals surface area contributed by atoms with Crippen molar-refractivity contribution in [2.24, 2.45) is 4.99 Å². The number of halogens is 1. The number of aryl methyl sites for hydroxylation is 1. The summed E-state index contributed by atoms with van der Waals surface area (Å²) in [6.07, 6.45) is 3.53. The number of aromatic hydroxyl groups is 1. The maximum Gasteiger partial charge on any atom is 0.271 e. The van der Waals surface area contributed by atoms with Crippen molar-refractivity contribution in [2.75, 3.05) is 0 Å². The molecule has 0 saturated heterocycles. The summed E-state index contributed by atoms with van der Waals surface area (Å²) in [6.45, 7) is 0. The van der Waals surface area contributed by atoms with Crippen molar-refractivity contribution in [3.8, 4) is 5.75 Å². The molecule has 4 nitrogen and oxygen atoms in total. The molecular formula is C27H19ClN2O2S. The normalized spacial score (nSPS) is 17.2. The summed E-state index contributed by atoms with van der Waals surface area (Å²) in [7, 11) is 0. The Morgan fingerprint density at radius 3 is 2.70 bits per heavy atom. The van der Waals surface area contributed by atoms with Gasteiger partial charge in [0, 0.05) is 10.6 Å². The van der Waals surface area contributed by atoms with Crippen LogP contribution in [-0.2, 0) is 6.42 Å². The van der Waals surface area contributed by atoms with E-state index in [4.69, 9.17) is 16.6 Å². The molecule has 6 heteroatoms. The SMILES string of the molecule is O=c1/c(=C\c2cccc(O)c2)sc2n1[C@H](c1ccccc1Cl)C1=C(N=2)c2ccccc2CC1. The van der Waals surface area contributed by atoms with Crippen molar-refractivity contribution in [1.82, 2.24) is 4.57 Å². The summed E-state index contributed by atoms with van der Waals surface area (Å²) < 4.78 is 2.36. The van der Waals surface area contributed by atoms with E-state index in [-0.39, 0.29) is 17.4 Å². The van der Waals surface area contributed by atoms with Crippen molar-refractivity contribution >= 4 is 34.7 Å². The quantitative estimate of drug-likeness (QED) is 0.462. The number of hydrogen-bond donors (Lipinski definition) is 1. The average Bonchev–Trinajstić information content (AvgIpc) is 3.13. The molecule has 0 saturated carbocycles. The molecule has 0 amide bonds. The fourth-order valence-corrected chi connectivity index (χ4v) is 6.00. The van der Waals surface area contributed by atoms with Gasteiger partial charge >= 0.3 is 0 Å². The van der Waals surface area contributed by atoms with Gasteiger partial charge in [-0.2, -0.15) is 0 Å². The third-order valence-electron chi connectivity index (χ3n) is 6.24. The van der Waals surface area contributed by atoms with E-state index in [0.717, 1.165) is 40.8 Å². The summed E-state index contributed by atoms with van der Waals surface area (Å²) in [5, 5.41) is 10.5. The number of fused-ring (bicyclic) bond motifs is 3. The number of hydrogen-bond acceptors (Lipinski definition) is 4. The van der Waals surface area contributed by atoms with Crippen molar-refractivity contribution in [1.29, 1.82) is 0 Å². The molecule has 33 heavy (non-hydrogen) atoms. The van der Waals surface area contributed by atoms with Gasteiger partial charge in [-0.25, -0.2) is 4.99 Å². The van der Waals surface area contributed by atoms with E-state index in [9.17, 15) is 9.90 Å². The first-order chi connectivity index (χ1) is 16.1. The number of allylic oxidation sites excluding steroid dienone is 1. The van der Waals surface area contributed by atoms with Crippen LogP contribution in [0.2, 0.25) is 5.02 Å². The summed E-state index contributed by atoms with van der Waals surface area (Å²) in [5.74, 6) is 0.164. The smallest absolute Gasteiger partial charge is 0.271 e. The highest BCUT2D eigenvalue weighted by molar-refractivity contribution is 7.07. The molecule has 0 bridgehead atoms. The molecule has 1 atom stereocenters. The van der Waals surface area contributed by atoms with E-state index in [2.05, 4.69) is 18.2 Å². The van der Waals surface area contributed by atoms with Crippen LogP contribution in [-0.4, -0.2) is 9.67 Å². The van der Waals surface area contributed by atoms with Gasteiger partial charge in [-0.15, -0.1) is 0 Å². The summed E-state index contributed by atoms with van der Waals surface area (Å²) in [5.41, 5.74) is 6.05. The first-order valence-electron chi connectivity index (χ1n) is 10.8. The number of nitrogens with zero attached hydrogens (tertiary/aromatic N) is 2. The van der Waals surface area contributed by atoms with Gasteiger partial charge in [0.1, 0.15) is 5.75 Å². The minimum atomic E-state index is -0.301. The summed E-state index contributed by atoms with van der Waals surface area (Å²) >= 11 is 8.03. The molecule has 0 fully saturated rings. The van der Waals surface area contributed by atoms with Crippen LogP contribution in [0.5, 0.6) is 5.75 Å². The molecule has 6 rings (SSSR count). The Balaban J connectivity index is 1.65. The number of phenols is 1. The van der Waals surface area contributed by atoms with E-state index in [1.165, 1.54) is 16.9 Å². The van der Waals surface area contributed by atoms with E-state index in [0.29, 0.717) is 14.4 Å². The number of thiazole rings is 1. The zero-order valence-electron chi connectivity index (χ0n) is 17.5. The number of rotatable bonds is 2. The molecule has 162 valence electrons. The van der Waals surface area contributed by atoms with Gasteiger partial charge < -0.3 is 5.11 Å². The Bertz CT molecular complexity index is 1630. The first kappa shape index (κ1) is 20.2. The zero-order valence-corrected chi connectivity index (χ0v) is 19.1. The standard InChI is InChI=1S/C27H19ClN2O2S/c28-22-11-4-3-10-20(22)25-21-13-12-17-7-1-2-9-19(17)24(21)29-27-30(25)26(32)23(33-27)15-16-6-5-8-18(31)14-16/h1-11,14-15,25,31H,12-13H2/b23-15+/t25-/m1/s1. The molecule has 4 aromatic rings. The Morgan fingerprint density at radius 1 is 1.03 bits per heavy atom. The van der Waals surface area contributed by atoms with Crippen LogP contribution >= 0.6 is 22.9 Å². The number of benzene rings is 3. The molecule has 3 aromatic carbocycles. The molecular weight excluding hydrogens is 452 g/mol. The van der Waals surface area contributed by atoms with Crippen molar-refractivity contribution in [3.63, 3.8) is 0 Å². The van der Waals surface area contributed by atoms with Gasteiger partial charge in [-0.3, -0.25) is 9.36 Å². The van der Waals surface area contributed by atoms with Crippen LogP contribution in [0.3, 0.4) is 0 Å². The summed E-state index contributed by atoms with van der Waals surface area (Å²) in [4.78, 5) is 19.3. The van der Waals surface area contributed by atoms with E-state index in [1.54, 1.807) is 22.8 Å². The van der Waals surface area contributed by atoms with Gasteiger partial charge in [0.2, 0.25) is 0 Å². The highest BCUT2D eigenvalue weighted by Gasteiger charge is 2.33. The van der Waals surface area contributed by atoms with E-state index < -0.39 is 0 Å². The Labute approximate surface area is 199 Å². The van der Waals surface area contributed by atoms with Crippen molar-refractivity contribution in [3.05, 3.63) is 125 Å². The maximum atomic E-state index is 13.7. The Kier molecular flexibility index (Phi) is 4.82. The maximum absolute atomic E-state index is 13.7. The van der Waals surface area contributed by atoms with Crippen LogP contribution < -0.4 is 14.9 Å². The molecule has 0 unspecified atom stereocenters. The van der Waals surface area contributed by atoms with Gasteiger partial charge in [-0.05, 0) is 59.4 Å². The second-order valence-corrected chi connectivity index (χ2v) is 9.65. The molecule has 1 aromatic heterocycles. The van der Waals surface area contributed by atoms with Crippen molar-refractivity contribution < 1.29 is 5.11 Å². The van der Waals surface area contributed by atoms with Gasteiger partial charge in [0.05, 0.1) is 16.3 Å². The lowest BCUT2D eigenvalue weighted by atomic mass is 9.83. The number of phenolic OH excluding ortho intramolecular Hbond substituents is 1. The first-order valence-corrected chi connectivity index (χ1v) is 12.0. The van der Waals surface area contributed by atoms with Crippen molar-refractivity contribution in [2.45, 2.75) is 18.9 Å². The average molecular weight is 471 g/mol. The Hall–Kier alpha value is -3.41. The second-order valence-electron chi connectivity index (χ2n) is 8.23. The molecule has 1 N–H and O–H groups in total. The van der Waals surface area contributed by atoms with Crippen LogP contribution in [0.1, 0.15) is 34.7 Å². The molecule has 0 radical (unpaired) electrons. The second kappa shape index (κ2) is 7.87. The summed E-state index contributed by atoms with van der Waals surface area (Å²) in [6, 6.07) is 22.7. The third kappa shape index (κ3) is 3.36. The van der Waals surface area contributed by atoms with Gasteiger partial charge in [0.15, 0.2) is 4.80 Å². The van der Waals surface area contributed by atoms with E-state index in [1.807, 2.05) is 42.5 Å². The predicted octanol–water partition coefficient (Wildman–Crippen LogP) is 4.68. The number of aromatic nitrogens is 1. The lowest BCUT2D eigenvalue weighted by Crippen LogP contribution is -2.38. The zero-order chi connectivity index (χ0) is 22.5. The topological polar surface area (TPSA) is 54.6 Å². The fourth-order valence-electron chi connectivity index (χ4n) is 4.76. The fraction of sp³-hybridized carbons (Fsp3) is 0.111. The molecule has 0 spiro atoms. The highest BCUT2D eigenvalue weighted by Crippen LogP contribution is 2.42. The molecule has 1 aliphatic carbocycles. The van der Waals surface area contributed by atoms with E-state index >= 15 is 0 Å². The minimum Gasteiger partial charge on any atom is -0.508 e. The highest BCUT2D eigenvalue weighted by atomic mass is 35.5. The molecule has 1 aliphatic heterocycles. The minimum absolute atomic E-state index is 0.0996. The van der Waals surface area contributed by atoms with Gasteiger partial charge in [-0.1, -0.05) is 77.5 Å². The van der Waals surface area contributed by atoms with Crippen LogP contribution in [0.15, 0.2) is 88.2 Å². The van der Waals surface area contributed by atoms with Gasteiger partial charge in [0.25, 0.3) is 5.56 Å². The molecule has 2 heterocycles. The lowest BCUT2D eigenvalue weighted by molar-refractivity contribution is 0.475. The molecule has 2 aliphatic rings. The monoisotopic (exact) mass is 470 g/mol. The Morgan fingerprint density at radius 2 is 1.85 bits per heavy atom. The largest absolute Gasteiger partial charge is 0.508 e. The van der Waals surface area contributed by atoms with Crippen LogP contribution in [0.4, 0.5) is 0 Å².